The van der Waals surface area contributed by atoms with Crippen LogP contribution in [-0.2, 0) is 14.3 Å². The fraction of sp³-hybridized carbons (Fsp3) is 0.296. The molecule has 1 aliphatic rings. The number of carbonyl (C=O) groups is 2. The first-order valence-corrected chi connectivity index (χ1v) is 12.5. The van der Waals surface area contributed by atoms with E-state index in [0.29, 0.717) is 27.4 Å². The Hall–Kier alpha value is -3.03. The van der Waals surface area contributed by atoms with E-state index in [1.165, 1.54) is 24.1 Å². The molecule has 0 saturated carbocycles. The number of hydrogen-bond donors (Lipinski definition) is 0. The maximum Gasteiger partial charge on any atom is 0.334 e. The molecule has 1 aliphatic heterocycles. The number of aryl methyl sites for hydroxylation is 1. The van der Waals surface area contributed by atoms with Gasteiger partial charge < -0.3 is 9.47 Å². The highest BCUT2D eigenvalue weighted by atomic mass is 35.5. The second-order valence-corrected chi connectivity index (χ2v) is 10.3. The monoisotopic (exact) mass is 512 g/mol. The Kier molecular flexibility index (Phi) is 8.81. The number of benzene rings is 2. The molecule has 0 N–H and O–H groups in total. The van der Waals surface area contributed by atoms with Crippen LogP contribution in [0, 0.1) is 6.92 Å². The number of thioether (sulfide) groups is 1. The van der Waals surface area contributed by atoms with Crippen molar-refractivity contribution in [2.24, 2.45) is 4.99 Å². The molecule has 3 rings (SSSR count). The lowest BCUT2D eigenvalue weighted by Gasteiger charge is -2.18. The first-order chi connectivity index (χ1) is 16.6. The smallest absolute Gasteiger partial charge is 0.334 e. The molecule has 0 atom stereocenters. The van der Waals surface area contributed by atoms with Crippen molar-refractivity contribution in [1.82, 2.24) is 0 Å². The zero-order valence-electron chi connectivity index (χ0n) is 20.5. The zero-order chi connectivity index (χ0) is 25.6. The summed E-state index contributed by atoms with van der Waals surface area (Å²) >= 11 is 7.73. The van der Waals surface area contributed by atoms with Crippen LogP contribution in [0.4, 0.5) is 5.69 Å². The molecule has 0 aliphatic carbocycles. The van der Waals surface area contributed by atoms with Crippen molar-refractivity contribution in [3.8, 4) is 5.75 Å². The van der Waals surface area contributed by atoms with Crippen molar-refractivity contribution in [1.29, 1.82) is 0 Å². The van der Waals surface area contributed by atoms with Crippen LogP contribution in [0.15, 0.2) is 64.7 Å². The van der Waals surface area contributed by atoms with Gasteiger partial charge in [0.2, 0.25) is 0 Å². The third-order valence-corrected chi connectivity index (χ3v) is 6.00. The minimum atomic E-state index is -0.584. The van der Waals surface area contributed by atoms with E-state index in [1.54, 1.807) is 49.9 Å². The number of amidine groups is 1. The summed E-state index contributed by atoms with van der Waals surface area (Å²) < 4.78 is 10.7. The van der Waals surface area contributed by atoms with Crippen LogP contribution in [0.25, 0.3) is 6.08 Å². The molecule has 1 amide bonds. The van der Waals surface area contributed by atoms with Crippen LogP contribution in [0.5, 0.6) is 5.75 Å². The SMILES string of the molecule is CCC/N=C1\S/C(=C\c2ccc(O/C=C/C(=O)OC(C)(C)C)c(Cl)c2)C(=O)N1c1ccccc1C. The molecule has 0 bridgehead atoms. The second-order valence-electron chi connectivity index (χ2n) is 8.85. The van der Waals surface area contributed by atoms with Gasteiger partial charge in [0.25, 0.3) is 5.91 Å². The largest absolute Gasteiger partial charge is 0.463 e. The standard InChI is InChI=1S/C27H29ClN2O4S/c1-6-14-29-26-30(21-10-8-7-9-18(21)2)25(32)23(35-26)17-19-11-12-22(20(28)16-19)33-15-13-24(31)34-27(3,4)5/h7-13,15-17H,6,14H2,1-5H3/b15-13+,23-17-,29-26-. The Balaban J connectivity index is 1.80. The summed E-state index contributed by atoms with van der Waals surface area (Å²) in [6, 6.07) is 12.9. The quantitative estimate of drug-likeness (QED) is 0.232. The molecule has 0 spiro atoms. The maximum absolute atomic E-state index is 13.3. The van der Waals surface area contributed by atoms with Crippen molar-refractivity contribution in [3.05, 3.63) is 75.9 Å². The fourth-order valence-corrected chi connectivity index (χ4v) is 4.40. The van der Waals surface area contributed by atoms with Gasteiger partial charge in [-0.1, -0.05) is 42.8 Å². The van der Waals surface area contributed by atoms with Crippen LogP contribution >= 0.6 is 23.4 Å². The number of para-hydroxylation sites is 1. The summed E-state index contributed by atoms with van der Waals surface area (Å²) in [5.41, 5.74) is 1.98. The van der Waals surface area contributed by atoms with Crippen LogP contribution in [0.1, 0.15) is 45.2 Å². The topological polar surface area (TPSA) is 68.2 Å². The number of ether oxygens (including phenoxy) is 2. The predicted octanol–water partition coefficient (Wildman–Crippen LogP) is 6.77. The Morgan fingerprint density at radius 1 is 1.20 bits per heavy atom. The van der Waals surface area contributed by atoms with Gasteiger partial charge in [0.05, 0.1) is 28.0 Å². The number of rotatable bonds is 7. The predicted molar refractivity (Wildman–Crippen MR) is 144 cm³/mol. The van der Waals surface area contributed by atoms with E-state index in [4.69, 9.17) is 21.1 Å². The van der Waals surface area contributed by atoms with Gasteiger partial charge in [-0.3, -0.25) is 14.7 Å². The van der Waals surface area contributed by atoms with Crippen LogP contribution in [0.2, 0.25) is 5.02 Å². The number of hydrogen-bond acceptors (Lipinski definition) is 6. The lowest BCUT2D eigenvalue weighted by Crippen LogP contribution is -2.29. The zero-order valence-corrected chi connectivity index (χ0v) is 22.1. The van der Waals surface area contributed by atoms with E-state index in [-0.39, 0.29) is 5.91 Å². The molecular formula is C27H29ClN2O4S. The summed E-state index contributed by atoms with van der Waals surface area (Å²) in [6.07, 6.45) is 5.11. The minimum absolute atomic E-state index is 0.129. The molecule has 2 aromatic carbocycles. The Labute approximate surface area is 215 Å². The molecule has 0 unspecified atom stereocenters. The van der Waals surface area contributed by atoms with Gasteiger partial charge in [0.15, 0.2) is 5.17 Å². The Morgan fingerprint density at radius 3 is 2.60 bits per heavy atom. The maximum atomic E-state index is 13.3. The van der Waals surface area contributed by atoms with Crippen LogP contribution in [0.3, 0.4) is 0 Å². The van der Waals surface area contributed by atoms with Crippen molar-refractivity contribution in [2.45, 2.75) is 46.6 Å². The van der Waals surface area contributed by atoms with Crippen LogP contribution in [-0.4, -0.2) is 29.2 Å². The number of nitrogens with zero attached hydrogens (tertiary/aromatic N) is 2. The summed E-state index contributed by atoms with van der Waals surface area (Å²) in [6.45, 7) is 10.0. The van der Waals surface area contributed by atoms with E-state index >= 15 is 0 Å². The van der Waals surface area contributed by atoms with Crippen molar-refractivity contribution in [3.63, 3.8) is 0 Å². The molecule has 0 aromatic heterocycles. The average Bonchev–Trinajstić information content (AvgIpc) is 3.07. The molecule has 1 heterocycles. The number of anilines is 1. The van der Waals surface area contributed by atoms with Gasteiger partial charge in [-0.2, -0.15) is 0 Å². The molecular weight excluding hydrogens is 484 g/mol. The van der Waals surface area contributed by atoms with E-state index < -0.39 is 11.6 Å². The highest BCUT2D eigenvalue weighted by molar-refractivity contribution is 8.19. The summed E-state index contributed by atoms with van der Waals surface area (Å²) in [5.74, 6) is -0.257. The molecule has 8 heteroatoms. The Bertz CT molecular complexity index is 1200. The molecule has 2 aromatic rings. The lowest BCUT2D eigenvalue weighted by atomic mass is 10.1. The lowest BCUT2D eigenvalue weighted by molar-refractivity contribution is -0.148. The average molecular weight is 513 g/mol. The number of halogens is 1. The highest BCUT2D eigenvalue weighted by Gasteiger charge is 2.35. The van der Waals surface area contributed by atoms with Gasteiger partial charge in [0, 0.05) is 6.54 Å². The summed E-state index contributed by atoms with van der Waals surface area (Å²) in [4.78, 5) is 32.0. The summed E-state index contributed by atoms with van der Waals surface area (Å²) in [7, 11) is 0. The van der Waals surface area contributed by atoms with Gasteiger partial charge in [0.1, 0.15) is 11.4 Å². The van der Waals surface area contributed by atoms with Crippen LogP contribution < -0.4 is 9.64 Å². The van der Waals surface area contributed by atoms with E-state index in [1.807, 2.05) is 31.2 Å². The number of esters is 1. The minimum Gasteiger partial charge on any atom is -0.463 e. The molecule has 35 heavy (non-hydrogen) atoms. The van der Waals surface area contributed by atoms with Crippen molar-refractivity contribution >= 4 is 52.2 Å². The van der Waals surface area contributed by atoms with Gasteiger partial charge in [-0.25, -0.2) is 4.79 Å². The number of aliphatic imine (C=N–C) groups is 1. The van der Waals surface area contributed by atoms with Gasteiger partial charge >= 0.3 is 5.97 Å². The molecule has 0 radical (unpaired) electrons. The van der Waals surface area contributed by atoms with Crippen molar-refractivity contribution < 1.29 is 19.1 Å². The van der Waals surface area contributed by atoms with Gasteiger partial charge in [-0.05, 0) is 81.3 Å². The van der Waals surface area contributed by atoms with E-state index in [9.17, 15) is 9.59 Å². The third-order valence-electron chi connectivity index (χ3n) is 4.69. The third kappa shape index (κ3) is 7.23. The first kappa shape index (κ1) is 26.6. The number of carbonyl (C=O) groups excluding carboxylic acids is 2. The number of amides is 1. The molecule has 184 valence electrons. The van der Waals surface area contributed by atoms with E-state index in [0.717, 1.165) is 23.2 Å². The fourth-order valence-electron chi connectivity index (χ4n) is 3.17. The molecule has 1 saturated heterocycles. The van der Waals surface area contributed by atoms with Crippen molar-refractivity contribution in [2.75, 3.05) is 11.4 Å². The first-order valence-electron chi connectivity index (χ1n) is 11.3. The van der Waals surface area contributed by atoms with E-state index in [2.05, 4.69) is 11.9 Å². The second kappa shape index (κ2) is 11.6. The molecule has 1 fully saturated rings. The van der Waals surface area contributed by atoms with Gasteiger partial charge in [-0.15, -0.1) is 0 Å². The highest BCUT2D eigenvalue weighted by Crippen LogP contribution is 2.38. The Morgan fingerprint density at radius 2 is 1.94 bits per heavy atom. The normalized spacial score (nSPS) is 16.5. The molecule has 6 nitrogen and oxygen atoms in total. The summed E-state index contributed by atoms with van der Waals surface area (Å²) in [5, 5.41) is 1.01.